The van der Waals surface area contributed by atoms with Crippen molar-refractivity contribution in [3.05, 3.63) is 34.3 Å². The van der Waals surface area contributed by atoms with E-state index in [1.165, 1.54) is 0 Å². The predicted molar refractivity (Wildman–Crippen MR) is 88.9 cm³/mol. The number of rotatable bonds is 4. The van der Waals surface area contributed by atoms with E-state index in [2.05, 4.69) is 33.2 Å². The molecule has 0 aromatic heterocycles. The largest absolute Gasteiger partial charge is 0.354 e. The molecule has 1 amide bonds. The van der Waals surface area contributed by atoms with Crippen LogP contribution in [0.2, 0.25) is 0 Å². The number of benzene rings is 1. The molecule has 0 spiro atoms. The molecule has 0 radical (unpaired) electrons. The molecule has 21 heavy (non-hydrogen) atoms. The maximum Gasteiger partial charge on any atom is 0.244 e. The lowest BCUT2D eigenvalue weighted by Gasteiger charge is -2.30. The van der Waals surface area contributed by atoms with Crippen LogP contribution in [0.25, 0.3) is 0 Å². The van der Waals surface area contributed by atoms with Gasteiger partial charge in [-0.3, -0.25) is 4.79 Å². The Hall–Kier alpha value is -0.910. The number of nitrogens with one attached hydrogen (secondary N) is 1. The van der Waals surface area contributed by atoms with Crippen LogP contribution in [0, 0.1) is 5.92 Å². The summed E-state index contributed by atoms with van der Waals surface area (Å²) in [5.74, 6) is 0.453. The number of amides is 1. The quantitative estimate of drug-likeness (QED) is 0.871. The molecule has 1 unspecified atom stereocenters. The molecule has 1 heterocycles. The van der Waals surface area contributed by atoms with E-state index in [1.54, 1.807) is 6.92 Å². The van der Waals surface area contributed by atoms with Crippen molar-refractivity contribution in [2.45, 2.75) is 25.3 Å². The summed E-state index contributed by atoms with van der Waals surface area (Å²) in [6.45, 7) is 4.69. The molecule has 1 saturated heterocycles. The normalized spacial score (nSPS) is 20.0. The van der Waals surface area contributed by atoms with E-state index in [-0.39, 0.29) is 5.91 Å². The smallest absolute Gasteiger partial charge is 0.244 e. The van der Waals surface area contributed by atoms with Crippen LogP contribution in [0.5, 0.6) is 0 Å². The fourth-order valence-corrected chi connectivity index (χ4v) is 2.88. The fourth-order valence-electron chi connectivity index (χ4n) is 2.61. The van der Waals surface area contributed by atoms with Gasteiger partial charge >= 0.3 is 0 Å². The third-order valence-corrected chi connectivity index (χ3v) is 4.83. The molecule has 4 nitrogen and oxygen atoms in total. The Balaban J connectivity index is 1.91. The van der Waals surface area contributed by atoms with Crippen LogP contribution in [-0.4, -0.2) is 37.5 Å². The van der Waals surface area contributed by atoms with Gasteiger partial charge in [-0.2, -0.15) is 0 Å². The van der Waals surface area contributed by atoms with Gasteiger partial charge in [0.2, 0.25) is 5.91 Å². The van der Waals surface area contributed by atoms with Crippen molar-refractivity contribution in [3.63, 3.8) is 0 Å². The molecule has 3 N–H and O–H groups in total. The Morgan fingerprint density at radius 3 is 2.52 bits per heavy atom. The van der Waals surface area contributed by atoms with Crippen LogP contribution in [0.1, 0.15) is 25.3 Å². The van der Waals surface area contributed by atoms with Crippen LogP contribution >= 0.6 is 15.9 Å². The van der Waals surface area contributed by atoms with Crippen molar-refractivity contribution in [2.24, 2.45) is 11.7 Å². The molecule has 116 valence electrons. The number of carbonyl (C=O) groups is 1. The Morgan fingerprint density at radius 1 is 1.38 bits per heavy atom. The zero-order valence-corrected chi connectivity index (χ0v) is 14.3. The van der Waals surface area contributed by atoms with Crippen LogP contribution < -0.4 is 11.1 Å². The lowest BCUT2D eigenvalue weighted by Crippen LogP contribution is -2.50. The number of nitrogens with two attached hydrogens (primary N) is 1. The Labute approximate surface area is 135 Å². The second-order valence-electron chi connectivity index (χ2n) is 6.17. The lowest BCUT2D eigenvalue weighted by molar-refractivity contribution is -0.126. The SMILES string of the molecule is CN1CCC(CNC(=O)C(C)(N)c2ccc(Br)cc2)CC1. The van der Waals surface area contributed by atoms with Crippen LogP contribution in [0.4, 0.5) is 0 Å². The number of carbonyl (C=O) groups excluding carboxylic acids is 1. The molecule has 5 heteroatoms. The summed E-state index contributed by atoms with van der Waals surface area (Å²) in [4.78, 5) is 14.7. The van der Waals surface area contributed by atoms with Gasteiger partial charge in [-0.1, -0.05) is 28.1 Å². The lowest BCUT2D eigenvalue weighted by atomic mass is 9.91. The minimum atomic E-state index is -0.994. The molecule has 1 aliphatic heterocycles. The van der Waals surface area contributed by atoms with E-state index in [1.807, 2.05) is 24.3 Å². The van der Waals surface area contributed by atoms with Gasteiger partial charge in [0, 0.05) is 11.0 Å². The highest BCUT2D eigenvalue weighted by molar-refractivity contribution is 9.10. The summed E-state index contributed by atoms with van der Waals surface area (Å²) >= 11 is 3.39. The average Bonchev–Trinajstić information content (AvgIpc) is 2.46. The third kappa shape index (κ3) is 4.28. The van der Waals surface area contributed by atoms with Gasteiger partial charge in [-0.15, -0.1) is 0 Å². The first-order chi connectivity index (χ1) is 9.89. The van der Waals surface area contributed by atoms with Gasteiger partial charge < -0.3 is 16.0 Å². The van der Waals surface area contributed by atoms with Crippen molar-refractivity contribution >= 4 is 21.8 Å². The molecule has 1 aromatic rings. The monoisotopic (exact) mass is 353 g/mol. The summed E-state index contributed by atoms with van der Waals surface area (Å²) in [6, 6.07) is 7.59. The van der Waals surface area contributed by atoms with E-state index < -0.39 is 5.54 Å². The number of hydrogen-bond donors (Lipinski definition) is 2. The zero-order valence-electron chi connectivity index (χ0n) is 12.7. The van der Waals surface area contributed by atoms with Gasteiger partial charge in [0.1, 0.15) is 5.54 Å². The highest BCUT2D eigenvalue weighted by atomic mass is 79.9. The maximum absolute atomic E-state index is 12.4. The first-order valence-electron chi connectivity index (χ1n) is 7.41. The highest BCUT2D eigenvalue weighted by Crippen LogP contribution is 2.21. The second kappa shape index (κ2) is 6.90. The second-order valence-corrected chi connectivity index (χ2v) is 7.08. The number of nitrogens with zero attached hydrogens (tertiary/aromatic N) is 1. The molecule has 0 bridgehead atoms. The first kappa shape index (κ1) is 16.5. The van der Waals surface area contributed by atoms with Crippen molar-refractivity contribution in [3.8, 4) is 0 Å². The summed E-state index contributed by atoms with van der Waals surface area (Å²) < 4.78 is 0.980. The maximum atomic E-state index is 12.4. The fraction of sp³-hybridized carbons (Fsp3) is 0.562. The summed E-state index contributed by atoms with van der Waals surface area (Å²) in [6.07, 6.45) is 2.27. The zero-order chi connectivity index (χ0) is 15.5. The Kier molecular flexibility index (Phi) is 5.41. The van der Waals surface area contributed by atoms with Gasteiger partial charge in [-0.25, -0.2) is 0 Å². The third-order valence-electron chi connectivity index (χ3n) is 4.31. The van der Waals surface area contributed by atoms with E-state index in [0.29, 0.717) is 5.92 Å². The van der Waals surface area contributed by atoms with Crippen molar-refractivity contribution in [1.82, 2.24) is 10.2 Å². The van der Waals surface area contributed by atoms with Crippen molar-refractivity contribution in [2.75, 3.05) is 26.7 Å². The minimum absolute atomic E-state index is 0.108. The molecule has 0 saturated carbocycles. The number of likely N-dealkylation sites (tertiary alicyclic amines) is 1. The minimum Gasteiger partial charge on any atom is -0.354 e. The summed E-state index contributed by atoms with van der Waals surface area (Å²) in [5, 5.41) is 3.03. The topological polar surface area (TPSA) is 58.4 Å². The van der Waals surface area contributed by atoms with E-state index in [9.17, 15) is 4.79 Å². The molecular formula is C16H24BrN3O. The molecule has 0 aliphatic carbocycles. The van der Waals surface area contributed by atoms with E-state index >= 15 is 0 Å². The highest BCUT2D eigenvalue weighted by Gasteiger charge is 2.31. The average molecular weight is 354 g/mol. The number of hydrogen-bond acceptors (Lipinski definition) is 3. The van der Waals surface area contributed by atoms with Gasteiger partial charge in [0.15, 0.2) is 0 Å². The van der Waals surface area contributed by atoms with Crippen LogP contribution in [0.15, 0.2) is 28.7 Å². The summed E-state index contributed by atoms with van der Waals surface area (Å²) in [7, 11) is 2.14. The van der Waals surface area contributed by atoms with Crippen molar-refractivity contribution in [1.29, 1.82) is 0 Å². The Bertz CT molecular complexity index is 479. The van der Waals surface area contributed by atoms with Crippen LogP contribution in [0.3, 0.4) is 0 Å². The molecule has 1 atom stereocenters. The van der Waals surface area contributed by atoms with Gasteiger partial charge in [0.05, 0.1) is 0 Å². The van der Waals surface area contributed by atoms with Gasteiger partial charge in [0.25, 0.3) is 0 Å². The summed E-state index contributed by atoms with van der Waals surface area (Å²) in [5.41, 5.74) is 6.07. The molecule has 1 fully saturated rings. The number of piperidine rings is 1. The molecule has 1 aliphatic rings. The number of halogens is 1. The van der Waals surface area contributed by atoms with E-state index in [4.69, 9.17) is 5.73 Å². The van der Waals surface area contributed by atoms with E-state index in [0.717, 1.165) is 42.5 Å². The van der Waals surface area contributed by atoms with Crippen molar-refractivity contribution < 1.29 is 4.79 Å². The predicted octanol–water partition coefficient (Wildman–Crippen LogP) is 2.08. The van der Waals surface area contributed by atoms with Crippen LogP contribution in [-0.2, 0) is 10.3 Å². The molecule has 1 aromatic carbocycles. The Morgan fingerprint density at radius 2 is 1.95 bits per heavy atom. The van der Waals surface area contributed by atoms with Gasteiger partial charge in [-0.05, 0) is 63.5 Å². The first-order valence-corrected chi connectivity index (χ1v) is 8.20. The molecule has 2 rings (SSSR count). The molecular weight excluding hydrogens is 330 g/mol. The standard InChI is InChI=1S/C16H24BrN3O/c1-16(18,13-3-5-14(17)6-4-13)15(21)19-11-12-7-9-20(2)10-8-12/h3-6,12H,7-11,18H2,1-2H3,(H,19,21).